The van der Waals surface area contributed by atoms with Gasteiger partial charge in [-0.25, -0.2) is 4.79 Å². The molecular weight excluding hydrogens is 322 g/mol. The van der Waals surface area contributed by atoms with Crippen molar-refractivity contribution in [3.05, 3.63) is 58.7 Å². The number of rotatable bonds is 6. The standard InChI is InChI=1S/C19H19NO5/c1-24-11-13-7-15(19(22)23)10-16(8-13)20-18(21)9-12-2-3-17-14(6-12)4-5-25-17/h2-3,6-8,10H,4-5,9,11H2,1H3,(H,20,21)(H,22,23). The number of hydrogen-bond acceptors (Lipinski definition) is 4. The van der Waals surface area contributed by atoms with Crippen LogP contribution in [0, 0.1) is 0 Å². The van der Waals surface area contributed by atoms with E-state index in [0.717, 1.165) is 23.3 Å². The van der Waals surface area contributed by atoms with Gasteiger partial charge in [0.25, 0.3) is 0 Å². The molecule has 0 aliphatic carbocycles. The molecule has 6 nitrogen and oxygen atoms in total. The van der Waals surface area contributed by atoms with Gasteiger partial charge in [0.2, 0.25) is 5.91 Å². The second-order valence-corrected chi connectivity index (χ2v) is 5.92. The number of carboxylic acid groups (broad SMARTS) is 1. The molecule has 0 spiro atoms. The Balaban J connectivity index is 1.72. The summed E-state index contributed by atoms with van der Waals surface area (Å²) < 4.78 is 10.5. The molecule has 0 saturated carbocycles. The molecule has 0 bridgehead atoms. The minimum absolute atomic E-state index is 0.111. The van der Waals surface area contributed by atoms with Gasteiger partial charge in [0, 0.05) is 19.2 Å². The average Bonchev–Trinajstić information content (AvgIpc) is 3.02. The Kier molecular flexibility index (Phi) is 5.00. The summed E-state index contributed by atoms with van der Waals surface area (Å²) in [6.07, 6.45) is 1.07. The van der Waals surface area contributed by atoms with Gasteiger partial charge in [-0.1, -0.05) is 12.1 Å². The maximum absolute atomic E-state index is 12.3. The molecule has 0 radical (unpaired) electrons. The lowest BCUT2D eigenvalue weighted by atomic mass is 10.1. The summed E-state index contributed by atoms with van der Waals surface area (Å²) in [5.41, 5.74) is 3.25. The lowest BCUT2D eigenvalue weighted by molar-refractivity contribution is -0.115. The van der Waals surface area contributed by atoms with Crippen LogP contribution >= 0.6 is 0 Å². The van der Waals surface area contributed by atoms with Crippen LogP contribution in [0.3, 0.4) is 0 Å². The van der Waals surface area contributed by atoms with Crippen LogP contribution in [0.5, 0.6) is 5.75 Å². The molecule has 1 heterocycles. The first-order valence-electron chi connectivity index (χ1n) is 7.96. The first-order valence-corrected chi connectivity index (χ1v) is 7.96. The van der Waals surface area contributed by atoms with E-state index >= 15 is 0 Å². The third-order valence-corrected chi connectivity index (χ3v) is 3.95. The molecule has 0 unspecified atom stereocenters. The van der Waals surface area contributed by atoms with Crippen molar-refractivity contribution in [1.29, 1.82) is 0 Å². The highest BCUT2D eigenvalue weighted by Gasteiger charge is 2.14. The van der Waals surface area contributed by atoms with Crippen LogP contribution in [0.4, 0.5) is 5.69 Å². The van der Waals surface area contributed by atoms with Crippen molar-refractivity contribution in [3.63, 3.8) is 0 Å². The van der Waals surface area contributed by atoms with Crippen molar-refractivity contribution in [1.82, 2.24) is 0 Å². The van der Waals surface area contributed by atoms with E-state index in [-0.39, 0.29) is 24.5 Å². The molecule has 0 atom stereocenters. The number of fused-ring (bicyclic) bond motifs is 1. The van der Waals surface area contributed by atoms with Gasteiger partial charge in [0.1, 0.15) is 5.75 Å². The predicted molar refractivity (Wildman–Crippen MR) is 92.1 cm³/mol. The number of carboxylic acids is 1. The molecule has 1 aliphatic rings. The van der Waals surface area contributed by atoms with E-state index in [9.17, 15) is 14.7 Å². The van der Waals surface area contributed by atoms with Gasteiger partial charge in [-0.3, -0.25) is 4.79 Å². The van der Waals surface area contributed by atoms with Crippen LogP contribution in [-0.2, 0) is 29.0 Å². The number of methoxy groups -OCH3 is 1. The second kappa shape index (κ2) is 7.36. The monoisotopic (exact) mass is 341 g/mol. The molecule has 2 N–H and O–H groups in total. The zero-order chi connectivity index (χ0) is 17.8. The summed E-state index contributed by atoms with van der Waals surface area (Å²) >= 11 is 0. The Bertz CT molecular complexity index is 815. The maximum atomic E-state index is 12.3. The molecule has 3 rings (SSSR count). The minimum Gasteiger partial charge on any atom is -0.493 e. The van der Waals surface area contributed by atoms with E-state index in [0.29, 0.717) is 17.9 Å². The van der Waals surface area contributed by atoms with Crippen LogP contribution in [-0.4, -0.2) is 30.7 Å². The number of carbonyl (C=O) groups excluding carboxylic acids is 1. The van der Waals surface area contributed by atoms with Crippen LogP contribution in [0.1, 0.15) is 27.0 Å². The van der Waals surface area contributed by atoms with Gasteiger partial charge >= 0.3 is 5.97 Å². The third kappa shape index (κ3) is 4.16. The molecule has 0 saturated heterocycles. The highest BCUT2D eigenvalue weighted by Crippen LogP contribution is 2.26. The second-order valence-electron chi connectivity index (χ2n) is 5.92. The average molecular weight is 341 g/mol. The summed E-state index contributed by atoms with van der Waals surface area (Å²) in [4.78, 5) is 23.5. The minimum atomic E-state index is -1.05. The Morgan fingerprint density at radius 1 is 1.20 bits per heavy atom. The number of aromatic carboxylic acids is 1. The molecule has 130 valence electrons. The number of carbonyl (C=O) groups is 2. The Labute approximate surface area is 145 Å². The van der Waals surface area contributed by atoms with Crippen molar-refractivity contribution >= 4 is 17.6 Å². The number of amides is 1. The van der Waals surface area contributed by atoms with Crippen molar-refractivity contribution < 1.29 is 24.2 Å². The van der Waals surface area contributed by atoms with Gasteiger partial charge in [-0.05, 0) is 41.0 Å². The summed E-state index contributed by atoms with van der Waals surface area (Å²) in [6, 6.07) is 10.4. The van der Waals surface area contributed by atoms with Crippen LogP contribution < -0.4 is 10.1 Å². The van der Waals surface area contributed by atoms with E-state index in [1.54, 1.807) is 6.07 Å². The van der Waals surface area contributed by atoms with Gasteiger partial charge in [0.15, 0.2) is 0 Å². The van der Waals surface area contributed by atoms with Crippen LogP contribution in [0.2, 0.25) is 0 Å². The lowest BCUT2D eigenvalue weighted by Crippen LogP contribution is -2.15. The summed E-state index contributed by atoms with van der Waals surface area (Å²) in [5, 5.41) is 12.0. The van der Waals surface area contributed by atoms with Gasteiger partial charge in [-0.15, -0.1) is 0 Å². The van der Waals surface area contributed by atoms with E-state index in [1.165, 1.54) is 19.2 Å². The summed E-state index contributed by atoms with van der Waals surface area (Å²) in [5.74, 6) is -0.376. The topological polar surface area (TPSA) is 84.9 Å². The normalized spacial score (nSPS) is 12.4. The Morgan fingerprint density at radius 3 is 2.80 bits per heavy atom. The molecule has 6 heteroatoms. The molecular formula is C19H19NO5. The zero-order valence-corrected chi connectivity index (χ0v) is 13.9. The third-order valence-electron chi connectivity index (χ3n) is 3.95. The molecule has 2 aromatic carbocycles. The smallest absolute Gasteiger partial charge is 0.335 e. The SMILES string of the molecule is COCc1cc(NC(=O)Cc2ccc3c(c2)CCO3)cc(C(=O)O)c1. The highest BCUT2D eigenvalue weighted by molar-refractivity contribution is 5.95. The van der Waals surface area contributed by atoms with E-state index in [4.69, 9.17) is 9.47 Å². The fourth-order valence-corrected chi connectivity index (χ4v) is 2.88. The molecule has 1 amide bonds. The molecule has 25 heavy (non-hydrogen) atoms. The first kappa shape index (κ1) is 17.0. The van der Waals surface area contributed by atoms with Crippen LogP contribution in [0.15, 0.2) is 36.4 Å². The molecule has 0 aromatic heterocycles. The number of ether oxygens (including phenoxy) is 2. The van der Waals surface area contributed by atoms with E-state index in [1.807, 2.05) is 18.2 Å². The zero-order valence-electron chi connectivity index (χ0n) is 13.9. The maximum Gasteiger partial charge on any atom is 0.335 e. The number of nitrogens with one attached hydrogen (secondary N) is 1. The largest absolute Gasteiger partial charge is 0.493 e. The van der Waals surface area contributed by atoms with Gasteiger partial charge in [-0.2, -0.15) is 0 Å². The lowest BCUT2D eigenvalue weighted by Gasteiger charge is -2.10. The first-order chi connectivity index (χ1) is 12.0. The number of hydrogen-bond donors (Lipinski definition) is 2. The van der Waals surface area contributed by atoms with Crippen molar-refractivity contribution in [3.8, 4) is 5.75 Å². The molecule has 0 fully saturated rings. The van der Waals surface area contributed by atoms with Gasteiger partial charge < -0.3 is 19.9 Å². The quantitative estimate of drug-likeness (QED) is 0.844. The van der Waals surface area contributed by atoms with E-state index < -0.39 is 5.97 Å². The number of benzene rings is 2. The van der Waals surface area contributed by atoms with Crippen LogP contribution in [0.25, 0.3) is 0 Å². The summed E-state index contributed by atoms with van der Waals surface area (Å²) in [6.45, 7) is 0.948. The Hall–Kier alpha value is -2.86. The van der Waals surface area contributed by atoms with Crippen molar-refractivity contribution in [2.75, 3.05) is 19.0 Å². The summed E-state index contributed by atoms with van der Waals surface area (Å²) in [7, 11) is 1.53. The molecule has 1 aliphatic heterocycles. The Morgan fingerprint density at radius 2 is 2.04 bits per heavy atom. The van der Waals surface area contributed by atoms with E-state index in [2.05, 4.69) is 5.32 Å². The fraction of sp³-hybridized carbons (Fsp3) is 0.263. The predicted octanol–water partition coefficient (Wildman–Crippen LogP) is 2.65. The fourth-order valence-electron chi connectivity index (χ4n) is 2.88. The molecule has 2 aromatic rings. The van der Waals surface area contributed by atoms with Crippen molar-refractivity contribution in [2.45, 2.75) is 19.4 Å². The van der Waals surface area contributed by atoms with Crippen molar-refractivity contribution in [2.24, 2.45) is 0 Å². The number of anilines is 1. The van der Waals surface area contributed by atoms with Gasteiger partial charge in [0.05, 0.1) is 25.2 Å². The highest BCUT2D eigenvalue weighted by atomic mass is 16.5.